The molecule has 156 valence electrons. The van der Waals surface area contributed by atoms with Gasteiger partial charge in [-0.15, -0.1) is 0 Å². The summed E-state index contributed by atoms with van der Waals surface area (Å²) in [5.74, 6) is 0. The number of halogens is 1. The van der Waals surface area contributed by atoms with Crippen LogP contribution in [0.5, 0.6) is 0 Å². The quantitative estimate of drug-likeness (QED) is 0.561. The molecule has 1 aliphatic heterocycles. The zero-order valence-corrected chi connectivity index (χ0v) is 18.1. The van der Waals surface area contributed by atoms with Crippen LogP contribution in [0, 0.1) is 0 Å². The lowest BCUT2D eigenvalue weighted by molar-refractivity contribution is 0.206. The maximum absolute atomic E-state index is 13.6. The molecule has 0 bridgehead atoms. The first-order valence-electron chi connectivity index (χ1n) is 10.0. The molecule has 0 radical (unpaired) electrons. The van der Waals surface area contributed by atoms with E-state index in [1.807, 2.05) is 42.5 Å². The zero-order chi connectivity index (χ0) is 21.0. The molecule has 2 heterocycles. The largest absolute Gasteiger partial charge is 0.299 e. The maximum atomic E-state index is 13.6. The smallest absolute Gasteiger partial charge is 0.264 e. The lowest BCUT2D eigenvalue weighted by Crippen LogP contribution is -2.47. The van der Waals surface area contributed by atoms with E-state index in [-0.39, 0.29) is 10.9 Å². The van der Waals surface area contributed by atoms with E-state index in [9.17, 15) is 8.42 Å². The fourth-order valence-corrected chi connectivity index (χ4v) is 5.73. The van der Waals surface area contributed by atoms with Gasteiger partial charge in [-0.05, 0) is 66.9 Å². The number of sulfonamides is 1. The van der Waals surface area contributed by atoms with Gasteiger partial charge in [0, 0.05) is 43.1 Å². The number of para-hydroxylation sites is 1. The van der Waals surface area contributed by atoms with Crippen LogP contribution in [-0.2, 0) is 16.6 Å². The van der Waals surface area contributed by atoms with E-state index in [2.05, 4.69) is 9.88 Å². The molecular formula is C23H24ClN3O2S. The molecule has 0 aliphatic carbocycles. The number of rotatable bonds is 6. The Morgan fingerprint density at radius 3 is 2.20 bits per heavy atom. The summed E-state index contributed by atoms with van der Waals surface area (Å²) in [6.07, 6.45) is 5.15. The topological polar surface area (TPSA) is 53.5 Å². The first-order chi connectivity index (χ1) is 14.5. The second kappa shape index (κ2) is 9.16. The zero-order valence-electron chi connectivity index (χ0n) is 16.6. The molecule has 1 fully saturated rings. The summed E-state index contributed by atoms with van der Waals surface area (Å²) < 4.78 is 28.8. The molecule has 7 heteroatoms. The van der Waals surface area contributed by atoms with E-state index < -0.39 is 10.0 Å². The van der Waals surface area contributed by atoms with E-state index in [1.54, 1.807) is 41.0 Å². The summed E-state index contributed by atoms with van der Waals surface area (Å²) in [6, 6.07) is 19.7. The Morgan fingerprint density at radius 1 is 0.933 bits per heavy atom. The van der Waals surface area contributed by atoms with Gasteiger partial charge in [0.05, 0.1) is 10.6 Å². The predicted molar refractivity (Wildman–Crippen MR) is 120 cm³/mol. The summed E-state index contributed by atoms with van der Waals surface area (Å²) in [5.41, 5.74) is 1.91. The van der Waals surface area contributed by atoms with Crippen molar-refractivity contribution in [3.8, 4) is 0 Å². The van der Waals surface area contributed by atoms with Gasteiger partial charge in [-0.25, -0.2) is 8.42 Å². The van der Waals surface area contributed by atoms with Crippen molar-refractivity contribution in [2.24, 2.45) is 0 Å². The van der Waals surface area contributed by atoms with Gasteiger partial charge in [-0.2, -0.15) is 0 Å². The third-order valence-corrected chi connectivity index (χ3v) is 7.57. The second-order valence-corrected chi connectivity index (χ2v) is 9.70. The molecule has 4 rings (SSSR count). The van der Waals surface area contributed by atoms with Crippen molar-refractivity contribution in [1.29, 1.82) is 0 Å². The normalized spacial score (nSPS) is 15.8. The SMILES string of the molecule is O=S(=O)(c1ccc(Cl)cc1)N(c1ccccc1)C1CCN(Cc2ccncc2)CC1. The lowest BCUT2D eigenvalue weighted by Gasteiger charge is -2.39. The molecule has 30 heavy (non-hydrogen) atoms. The molecule has 3 aromatic rings. The van der Waals surface area contributed by atoms with Crippen LogP contribution in [0.15, 0.2) is 84.0 Å². The van der Waals surface area contributed by atoms with Gasteiger partial charge in [0.15, 0.2) is 0 Å². The molecule has 0 N–H and O–H groups in total. The second-order valence-electron chi connectivity index (χ2n) is 7.45. The van der Waals surface area contributed by atoms with Crippen molar-refractivity contribution in [3.05, 3.63) is 89.7 Å². The number of nitrogens with zero attached hydrogens (tertiary/aromatic N) is 3. The van der Waals surface area contributed by atoms with Crippen LogP contribution in [-0.4, -0.2) is 37.4 Å². The number of anilines is 1. The van der Waals surface area contributed by atoms with E-state index in [0.29, 0.717) is 10.7 Å². The van der Waals surface area contributed by atoms with Crippen LogP contribution >= 0.6 is 11.6 Å². The Morgan fingerprint density at radius 2 is 1.57 bits per heavy atom. The Balaban J connectivity index is 1.56. The summed E-state index contributed by atoms with van der Waals surface area (Å²) in [7, 11) is -3.70. The molecule has 2 aromatic carbocycles. The van der Waals surface area contributed by atoms with Gasteiger partial charge in [0.1, 0.15) is 0 Å². The van der Waals surface area contributed by atoms with Crippen LogP contribution in [0.4, 0.5) is 5.69 Å². The molecular weight excluding hydrogens is 418 g/mol. The van der Waals surface area contributed by atoms with Gasteiger partial charge >= 0.3 is 0 Å². The highest BCUT2D eigenvalue weighted by atomic mass is 35.5. The highest BCUT2D eigenvalue weighted by Crippen LogP contribution is 2.31. The minimum atomic E-state index is -3.70. The number of hydrogen-bond donors (Lipinski definition) is 0. The summed E-state index contributed by atoms with van der Waals surface area (Å²) >= 11 is 5.97. The molecule has 1 saturated heterocycles. The molecule has 1 aromatic heterocycles. The number of likely N-dealkylation sites (tertiary alicyclic amines) is 1. The van der Waals surface area contributed by atoms with Crippen molar-refractivity contribution in [2.45, 2.75) is 30.3 Å². The Hall–Kier alpha value is -2.41. The fourth-order valence-electron chi connectivity index (χ4n) is 3.90. The third kappa shape index (κ3) is 4.67. The van der Waals surface area contributed by atoms with E-state index in [1.165, 1.54) is 5.56 Å². The molecule has 0 atom stereocenters. The molecule has 5 nitrogen and oxygen atoms in total. The van der Waals surface area contributed by atoms with Crippen molar-refractivity contribution in [1.82, 2.24) is 9.88 Å². The highest BCUT2D eigenvalue weighted by Gasteiger charge is 2.34. The predicted octanol–water partition coefficient (Wildman–Crippen LogP) is 4.59. The Labute approximate surface area is 183 Å². The molecule has 1 aliphatic rings. The van der Waals surface area contributed by atoms with Crippen molar-refractivity contribution >= 4 is 27.3 Å². The van der Waals surface area contributed by atoms with Gasteiger partial charge in [-0.1, -0.05) is 29.8 Å². The number of aromatic nitrogens is 1. The van der Waals surface area contributed by atoms with Gasteiger partial charge in [0.2, 0.25) is 0 Å². The van der Waals surface area contributed by atoms with E-state index >= 15 is 0 Å². The summed E-state index contributed by atoms with van der Waals surface area (Å²) in [4.78, 5) is 6.69. The average molecular weight is 442 g/mol. The van der Waals surface area contributed by atoms with Crippen LogP contribution in [0.3, 0.4) is 0 Å². The van der Waals surface area contributed by atoms with Crippen molar-refractivity contribution in [3.63, 3.8) is 0 Å². The van der Waals surface area contributed by atoms with Crippen LogP contribution in [0.1, 0.15) is 18.4 Å². The van der Waals surface area contributed by atoms with Crippen molar-refractivity contribution < 1.29 is 8.42 Å². The fraction of sp³-hybridized carbons (Fsp3) is 0.261. The molecule has 0 unspecified atom stereocenters. The first-order valence-corrected chi connectivity index (χ1v) is 11.8. The number of pyridine rings is 1. The standard InChI is InChI=1S/C23H24ClN3O2S/c24-20-6-8-23(9-7-20)30(28,29)27(21-4-2-1-3-5-21)22-12-16-26(17-13-22)18-19-10-14-25-15-11-19/h1-11,14-15,22H,12-13,16-18H2. The van der Waals surface area contributed by atoms with Crippen LogP contribution in [0.2, 0.25) is 5.02 Å². The van der Waals surface area contributed by atoms with Gasteiger partial charge in [0.25, 0.3) is 10.0 Å². The van der Waals surface area contributed by atoms with E-state index in [0.717, 1.165) is 32.5 Å². The summed E-state index contributed by atoms with van der Waals surface area (Å²) in [5, 5.41) is 0.518. The molecule has 0 amide bonds. The summed E-state index contributed by atoms with van der Waals surface area (Å²) in [6.45, 7) is 2.53. The Bertz CT molecular complexity index is 1050. The minimum Gasteiger partial charge on any atom is -0.299 e. The first kappa shape index (κ1) is 20.8. The Kier molecular flexibility index (Phi) is 6.37. The molecule has 0 saturated carbocycles. The maximum Gasteiger partial charge on any atom is 0.264 e. The number of benzene rings is 2. The van der Waals surface area contributed by atoms with Gasteiger partial charge < -0.3 is 0 Å². The van der Waals surface area contributed by atoms with E-state index in [4.69, 9.17) is 11.6 Å². The highest BCUT2D eigenvalue weighted by molar-refractivity contribution is 7.92. The van der Waals surface area contributed by atoms with Crippen molar-refractivity contribution in [2.75, 3.05) is 17.4 Å². The third-order valence-electron chi connectivity index (χ3n) is 5.43. The van der Waals surface area contributed by atoms with Gasteiger partial charge in [-0.3, -0.25) is 14.2 Å². The monoisotopic (exact) mass is 441 g/mol. The van der Waals surface area contributed by atoms with Crippen LogP contribution < -0.4 is 4.31 Å². The van der Waals surface area contributed by atoms with Crippen LogP contribution in [0.25, 0.3) is 0 Å². The molecule has 0 spiro atoms. The minimum absolute atomic E-state index is 0.0956. The lowest BCUT2D eigenvalue weighted by atomic mass is 10.0. The number of piperidine rings is 1. The average Bonchev–Trinajstić information content (AvgIpc) is 2.77. The number of hydrogen-bond acceptors (Lipinski definition) is 4.